The van der Waals surface area contributed by atoms with Gasteiger partial charge in [-0.3, -0.25) is 4.68 Å². The molecule has 4 nitrogen and oxygen atoms in total. The largest absolute Gasteiger partial charge is 0.312 e. The second-order valence-corrected chi connectivity index (χ2v) is 5.11. The summed E-state index contributed by atoms with van der Waals surface area (Å²) >= 11 is 0. The van der Waals surface area contributed by atoms with Crippen LogP contribution < -0.4 is 5.32 Å². The summed E-state index contributed by atoms with van der Waals surface area (Å²) in [6.45, 7) is 11.2. The van der Waals surface area contributed by atoms with Crippen molar-refractivity contribution in [2.24, 2.45) is 0 Å². The Morgan fingerprint density at radius 1 is 1.28 bits per heavy atom. The predicted octanol–water partition coefficient (Wildman–Crippen LogP) is 1.65. The highest BCUT2D eigenvalue weighted by Gasteiger charge is 2.14. The van der Waals surface area contributed by atoms with Gasteiger partial charge in [0, 0.05) is 37.3 Å². The molecule has 4 heteroatoms. The van der Waals surface area contributed by atoms with Crippen molar-refractivity contribution in [3.63, 3.8) is 0 Å². The fourth-order valence-corrected chi connectivity index (χ4v) is 2.71. The fourth-order valence-electron chi connectivity index (χ4n) is 2.71. The number of hydrogen-bond acceptors (Lipinski definition) is 3. The molecule has 0 spiro atoms. The van der Waals surface area contributed by atoms with Gasteiger partial charge in [0.25, 0.3) is 0 Å². The minimum absolute atomic E-state index is 0.989. The van der Waals surface area contributed by atoms with Crippen LogP contribution in [0.2, 0.25) is 0 Å². The summed E-state index contributed by atoms with van der Waals surface area (Å²) in [6, 6.07) is 0. The average Bonchev–Trinajstić information content (AvgIpc) is 2.80. The minimum atomic E-state index is 0.989. The van der Waals surface area contributed by atoms with Crippen molar-refractivity contribution >= 4 is 0 Å². The third kappa shape index (κ3) is 3.33. The molecule has 1 aliphatic heterocycles. The number of fused-ring (bicyclic) bond motifs is 1. The van der Waals surface area contributed by atoms with Crippen molar-refractivity contribution < 1.29 is 0 Å². The van der Waals surface area contributed by atoms with Gasteiger partial charge in [-0.05, 0) is 25.9 Å². The molecule has 0 aliphatic carbocycles. The number of hydrogen-bond donors (Lipinski definition) is 1. The first kappa shape index (κ1) is 13.6. The highest BCUT2D eigenvalue weighted by Crippen LogP contribution is 2.13. The van der Waals surface area contributed by atoms with E-state index in [1.807, 2.05) is 6.20 Å². The van der Waals surface area contributed by atoms with E-state index < -0.39 is 0 Å². The molecular weight excluding hydrogens is 224 g/mol. The second-order valence-electron chi connectivity index (χ2n) is 5.11. The van der Waals surface area contributed by atoms with E-state index in [4.69, 9.17) is 0 Å². The first-order valence-electron chi connectivity index (χ1n) is 7.31. The molecule has 0 radical (unpaired) electrons. The van der Waals surface area contributed by atoms with Crippen molar-refractivity contribution in [2.75, 3.05) is 26.2 Å². The molecule has 1 aromatic heterocycles. The topological polar surface area (TPSA) is 33.1 Å². The summed E-state index contributed by atoms with van der Waals surface area (Å²) in [7, 11) is 0. The molecule has 0 fully saturated rings. The van der Waals surface area contributed by atoms with Crippen LogP contribution >= 0.6 is 0 Å². The summed E-state index contributed by atoms with van der Waals surface area (Å²) in [4.78, 5) is 2.55. The lowest BCUT2D eigenvalue weighted by molar-refractivity contribution is 0.258. The molecule has 2 heterocycles. The van der Waals surface area contributed by atoms with Gasteiger partial charge in [-0.25, -0.2) is 0 Å². The van der Waals surface area contributed by atoms with Gasteiger partial charge < -0.3 is 10.2 Å². The second kappa shape index (κ2) is 6.90. The number of nitrogens with one attached hydrogen (secondary N) is 1. The Balaban J connectivity index is 1.90. The van der Waals surface area contributed by atoms with Gasteiger partial charge in [0.2, 0.25) is 0 Å². The number of rotatable bonds is 7. The normalized spacial score (nSPS) is 15.1. The Bertz CT molecular complexity index is 353. The van der Waals surface area contributed by atoms with Crippen LogP contribution in [0.1, 0.15) is 37.9 Å². The molecule has 1 aromatic rings. The predicted molar refractivity (Wildman–Crippen MR) is 74.7 cm³/mol. The van der Waals surface area contributed by atoms with Crippen LogP contribution in [0.15, 0.2) is 6.20 Å². The molecule has 1 N–H and O–H groups in total. The van der Waals surface area contributed by atoms with Gasteiger partial charge in [-0.15, -0.1) is 0 Å². The first-order chi connectivity index (χ1) is 8.85. The van der Waals surface area contributed by atoms with Crippen LogP contribution in [0.4, 0.5) is 0 Å². The van der Waals surface area contributed by atoms with Gasteiger partial charge in [0.1, 0.15) is 0 Å². The Kier molecular flexibility index (Phi) is 5.20. The Labute approximate surface area is 110 Å². The van der Waals surface area contributed by atoms with Gasteiger partial charge >= 0.3 is 0 Å². The molecule has 0 amide bonds. The molecule has 0 atom stereocenters. The lowest BCUT2D eigenvalue weighted by Gasteiger charge is -2.22. The molecule has 1 aliphatic rings. The Morgan fingerprint density at radius 2 is 2.06 bits per heavy atom. The fraction of sp³-hybridized carbons (Fsp3) is 0.786. The maximum absolute atomic E-state index is 4.54. The maximum Gasteiger partial charge on any atom is 0.0539 e. The maximum atomic E-state index is 4.54. The van der Waals surface area contributed by atoms with Gasteiger partial charge in [-0.1, -0.05) is 13.8 Å². The van der Waals surface area contributed by atoms with Crippen LogP contribution in [-0.4, -0.2) is 40.9 Å². The standard InChI is InChI=1S/C14H26N4/c1-3-7-17(8-4-2)9-10-18-14-5-6-15-11-13(14)12-16-18/h12,15H,3-11H2,1-2H3. The van der Waals surface area contributed by atoms with Crippen molar-refractivity contribution in [1.29, 1.82) is 0 Å². The van der Waals surface area contributed by atoms with E-state index in [1.165, 1.54) is 37.2 Å². The molecule has 0 unspecified atom stereocenters. The lowest BCUT2D eigenvalue weighted by Crippen LogP contribution is -2.31. The van der Waals surface area contributed by atoms with Crippen LogP contribution in [0.5, 0.6) is 0 Å². The van der Waals surface area contributed by atoms with Crippen molar-refractivity contribution in [2.45, 2.75) is 46.2 Å². The highest BCUT2D eigenvalue weighted by atomic mass is 15.3. The van der Waals surface area contributed by atoms with Crippen LogP contribution in [-0.2, 0) is 19.5 Å². The van der Waals surface area contributed by atoms with Crippen LogP contribution in [0.3, 0.4) is 0 Å². The van der Waals surface area contributed by atoms with Crippen molar-refractivity contribution in [3.05, 3.63) is 17.5 Å². The number of aromatic nitrogens is 2. The van der Waals surface area contributed by atoms with Gasteiger partial charge in [0.15, 0.2) is 0 Å². The van der Waals surface area contributed by atoms with Gasteiger partial charge in [0.05, 0.1) is 12.7 Å². The van der Waals surface area contributed by atoms with E-state index in [0.29, 0.717) is 0 Å². The van der Waals surface area contributed by atoms with Crippen LogP contribution in [0, 0.1) is 0 Å². The van der Waals surface area contributed by atoms with Crippen molar-refractivity contribution in [3.8, 4) is 0 Å². The number of nitrogens with zero attached hydrogens (tertiary/aromatic N) is 3. The third-order valence-electron chi connectivity index (χ3n) is 3.60. The van der Waals surface area contributed by atoms with Gasteiger partial charge in [-0.2, -0.15) is 5.10 Å². The molecule has 102 valence electrons. The molecule has 2 rings (SSSR count). The molecule has 0 aromatic carbocycles. The smallest absolute Gasteiger partial charge is 0.0539 e. The first-order valence-corrected chi connectivity index (χ1v) is 7.31. The minimum Gasteiger partial charge on any atom is -0.312 e. The van der Waals surface area contributed by atoms with E-state index in [0.717, 1.165) is 32.6 Å². The lowest BCUT2D eigenvalue weighted by atomic mass is 10.1. The van der Waals surface area contributed by atoms with E-state index >= 15 is 0 Å². The highest BCUT2D eigenvalue weighted by molar-refractivity contribution is 5.20. The average molecular weight is 250 g/mol. The summed E-state index contributed by atoms with van der Waals surface area (Å²) in [6.07, 6.45) is 5.63. The van der Waals surface area contributed by atoms with E-state index in [-0.39, 0.29) is 0 Å². The monoisotopic (exact) mass is 250 g/mol. The Morgan fingerprint density at radius 3 is 2.78 bits per heavy atom. The Hall–Kier alpha value is -0.870. The van der Waals surface area contributed by atoms with Crippen molar-refractivity contribution in [1.82, 2.24) is 20.0 Å². The molecule has 0 saturated heterocycles. The SMILES string of the molecule is CCCN(CCC)CCn1ncc2c1CCNC2. The summed E-state index contributed by atoms with van der Waals surface area (Å²) in [5.41, 5.74) is 2.83. The zero-order valence-electron chi connectivity index (χ0n) is 11.8. The summed E-state index contributed by atoms with van der Waals surface area (Å²) < 4.78 is 2.22. The van der Waals surface area contributed by atoms with E-state index in [1.54, 1.807) is 0 Å². The third-order valence-corrected chi connectivity index (χ3v) is 3.60. The zero-order chi connectivity index (χ0) is 12.8. The zero-order valence-corrected chi connectivity index (χ0v) is 11.8. The summed E-state index contributed by atoms with van der Waals surface area (Å²) in [5, 5.41) is 7.94. The van der Waals surface area contributed by atoms with Crippen LogP contribution in [0.25, 0.3) is 0 Å². The molecule has 0 bridgehead atoms. The quantitative estimate of drug-likeness (QED) is 0.799. The van der Waals surface area contributed by atoms with E-state index in [9.17, 15) is 0 Å². The molecule has 18 heavy (non-hydrogen) atoms. The van der Waals surface area contributed by atoms with E-state index in [2.05, 4.69) is 33.8 Å². The summed E-state index contributed by atoms with van der Waals surface area (Å²) in [5.74, 6) is 0. The molecule has 0 saturated carbocycles. The molecular formula is C14H26N4.